The first kappa shape index (κ1) is 11.4. The maximum atomic E-state index is 10.7. The third kappa shape index (κ3) is 7.54. The monoisotopic (exact) mass is 173 g/mol. The van der Waals surface area contributed by atoms with Crippen molar-refractivity contribution in [3.8, 4) is 0 Å². The first-order valence-corrected chi connectivity index (χ1v) is 4.58. The molecule has 0 aliphatic carbocycles. The number of hydrogen-bond acceptors (Lipinski definition) is 3. The lowest BCUT2D eigenvalue weighted by Gasteiger charge is -2.00. The van der Waals surface area contributed by atoms with Gasteiger partial charge in [-0.3, -0.25) is 4.79 Å². The molecule has 0 aliphatic rings. The van der Waals surface area contributed by atoms with Gasteiger partial charge in [-0.1, -0.05) is 13.3 Å². The van der Waals surface area contributed by atoms with Gasteiger partial charge in [0.05, 0.1) is 7.11 Å². The largest absolute Gasteiger partial charge is 0.469 e. The second kappa shape index (κ2) is 8.53. The summed E-state index contributed by atoms with van der Waals surface area (Å²) < 4.78 is 4.52. The number of unbranched alkanes of at least 4 members (excludes halogenated alkanes) is 2. The lowest BCUT2D eigenvalue weighted by Crippen LogP contribution is -2.13. The summed E-state index contributed by atoms with van der Waals surface area (Å²) in [6.45, 7) is 4.17. The molecule has 0 spiro atoms. The van der Waals surface area contributed by atoms with E-state index in [1.54, 1.807) is 0 Å². The Morgan fingerprint density at radius 1 is 1.33 bits per heavy atom. The number of rotatable bonds is 7. The molecule has 0 aromatic heterocycles. The van der Waals surface area contributed by atoms with Crippen molar-refractivity contribution >= 4 is 5.97 Å². The lowest BCUT2D eigenvalue weighted by atomic mass is 10.2. The number of esters is 1. The highest BCUT2D eigenvalue weighted by molar-refractivity contribution is 5.68. The number of nitrogens with one attached hydrogen (secondary N) is 1. The van der Waals surface area contributed by atoms with E-state index in [1.165, 1.54) is 7.11 Å². The van der Waals surface area contributed by atoms with Crippen LogP contribution in [0.3, 0.4) is 0 Å². The van der Waals surface area contributed by atoms with E-state index in [0.717, 1.165) is 32.4 Å². The minimum absolute atomic E-state index is 0.0987. The van der Waals surface area contributed by atoms with Gasteiger partial charge in [-0.25, -0.2) is 0 Å². The Kier molecular flexibility index (Phi) is 8.12. The molecule has 0 rings (SSSR count). The van der Waals surface area contributed by atoms with Crippen molar-refractivity contribution in [3.05, 3.63) is 0 Å². The molecule has 0 unspecified atom stereocenters. The van der Waals surface area contributed by atoms with Gasteiger partial charge in [-0.15, -0.1) is 0 Å². The van der Waals surface area contributed by atoms with Gasteiger partial charge in [0.1, 0.15) is 0 Å². The van der Waals surface area contributed by atoms with E-state index in [4.69, 9.17) is 0 Å². The van der Waals surface area contributed by atoms with Crippen molar-refractivity contribution in [2.75, 3.05) is 20.2 Å². The quantitative estimate of drug-likeness (QED) is 0.466. The fourth-order valence-corrected chi connectivity index (χ4v) is 0.975. The van der Waals surface area contributed by atoms with Gasteiger partial charge < -0.3 is 10.1 Å². The lowest BCUT2D eigenvalue weighted by molar-refractivity contribution is -0.140. The van der Waals surface area contributed by atoms with Crippen LogP contribution in [0.1, 0.15) is 32.6 Å². The van der Waals surface area contributed by atoms with Gasteiger partial charge in [0.25, 0.3) is 0 Å². The molecule has 0 bridgehead atoms. The molecule has 0 heterocycles. The molecular formula is C9H19NO2. The summed E-state index contributed by atoms with van der Waals surface area (Å²) in [5, 5.41) is 3.23. The molecule has 0 atom stereocenters. The third-order valence-electron chi connectivity index (χ3n) is 1.71. The summed E-state index contributed by atoms with van der Waals surface area (Å²) in [6.07, 6.45) is 3.74. The van der Waals surface area contributed by atoms with Gasteiger partial charge in [0.15, 0.2) is 0 Å². The standard InChI is InChI=1S/C9H19NO2/c1-3-10-8-6-4-5-7-9(11)12-2/h10H,3-8H2,1-2H3. The minimum atomic E-state index is -0.0987. The normalized spacial score (nSPS) is 9.83. The zero-order valence-corrected chi connectivity index (χ0v) is 8.06. The fourth-order valence-electron chi connectivity index (χ4n) is 0.975. The highest BCUT2D eigenvalue weighted by Gasteiger charge is 1.98. The van der Waals surface area contributed by atoms with E-state index < -0.39 is 0 Å². The molecule has 3 nitrogen and oxygen atoms in total. The van der Waals surface area contributed by atoms with Crippen LogP contribution in [0.5, 0.6) is 0 Å². The van der Waals surface area contributed by atoms with Crippen LogP contribution in [-0.2, 0) is 9.53 Å². The molecule has 0 fully saturated rings. The Morgan fingerprint density at radius 2 is 2.08 bits per heavy atom. The van der Waals surface area contributed by atoms with Gasteiger partial charge in [-0.05, 0) is 25.9 Å². The van der Waals surface area contributed by atoms with Crippen molar-refractivity contribution in [2.24, 2.45) is 0 Å². The van der Waals surface area contributed by atoms with E-state index in [-0.39, 0.29) is 5.97 Å². The maximum Gasteiger partial charge on any atom is 0.305 e. The number of methoxy groups -OCH3 is 1. The number of carbonyl (C=O) groups excluding carboxylic acids is 1. The zero-order chi connectivity index (χ0) is 9.23. The first-order valence-electron chi connectivity index (χ1n) is 4.58. The molecule has 0 saturated carbocycles. The smallest absolute Gasteiger partial charge is 0.305 e. The summed E-state index contributed by atoms with van der Waals surface area (Å²) in [4.78, 5) is 10.7. The molecule has 0 amide bonds. The van der Waals surface area contributed by atoms with Crippen molar-refractivity contribution in [2.45, 2.75) is 32.6 Å². The van der Waals surface area contributed by atoms with E-state index in [2.05, 4.69) is 17.0 Å². The SMILES string of the molecule is CCNCCCCCC(=O)OC. The van der Waals surface area contributed by atoms with Gasteiger partial charge in [0.2, 0.25) is 0 Å². The molecule has 72 valence electrons. The molecule has 0 aliphatic heterocycles. The van der Waals surface area contributed by atoms with Gasteiger partial charge in [0, 0.05) is 6.42 Å². The van der Waals surface area contributed by atoms with Gasteiger partial charge >= 0.3 is 5.97 Å². The predicted octanol–water partition coefficient (Wildman–Crippen LogP) is 1.33. The Labute approximate surface area is 74.5 Å². The molecule has 1 N–H and O–H groups in total. The third-order valence-corrected chi connectivity index (χ3v) is 1.71. The van der Waals surface area contributed by atoms with Crippen LogP contribution in [0.2, 0.25) is 0 Å². The number of carbonyl (C=O) groups is 1. The molecule has 0 saturated heterocycles. The van der Waals surface area contributed by atoms with E-state index in [0.29, 0.717) is 6.42 Å². The molecule has 12 heavy (non-hydrogen) atoms. The number of hydrogen-bond donors (Lipinski definition) is 1. The molecule has 0 aromatic rings. The Hall–Kier alpha value is -0.570. The molecular weight excluding hydrogens is 154 g/mol. The average Bonchev–Trinajstić information content (AvgIpc) is 2.10. The second-order valence-electron chi connectivity index (χ2n) is 2.74. The van der Waals surface area contributed by atoms with E-state index in [9.17, 15) is 4.79 Å². The highest BCUT2D eigenvalue weighted by atomic mass is 16.5. The predicted molar refractivity (Wildman–Crippen MR) is 49.0 cm³/mol. The van der Waals surface area contributed by atoms with Crippen molar-refractivity contribution in [1.29, 1.82) is 0 Å². The van der Waals surface area contributed by atoms with Gasteiger partial charge in [-0.2, -0.15) is 0 Å². The maximum absolute atomic E-state index is 10.7. The Morgan fingerprint density at radius 3 is 2.67 bits per heavy atom. The van der Waals surface area contributed by atoms with E-state index >= 15 is 0 Å². The second-order valence-corrected chi connectivity index (χ2v) is 2.74. The molecule has 0 aromatic carbocycles. The summed E-state index contributed by atoms with van der Waals surface area (Å²) in [5.74, 6) is -0.0987. The van der Waals surface area contributed by atoms with Crippen LogP contribution < -0.4 is 5.32 Å². The zero-order valence-electron chi connectivity index (χ0n) is 8.06. The molecule has 3 heteroatoms. The van der Waals surface area contributed by atoms with Crippen molar-refractivity contribution < 1.29 is 9.53 Å². The van der Waals surface area contributed by atoms with Crippen molar-refractivity contribution in [3.63, 3.8) is 0 Å². The first-order chi connectivity index (χ1) is 5.81. The highest BCUT2D eigenvalue weighted by Crippen LogP contribution is 1.99. The van der Waals surface area contributed by atoms with Crippen molar-refractivity contribution in [1.82, 2.24) is 5.32 Å². The number of ether oxygens (including phenoxy) is 1. The summed E-state index contributed by atoms with van der Waals surface area (Å²) >= 11 is 0. The van der Waals surface area contributed by atoms with E-state index in [1.807, 2.05) is 0 Å². The summed E-state index contributed by atoms with van der Waals surface area (Å²) in [7, 11) is 1.43. The average molecular weight is 173 g/mol. The van der Waals surface area contributed by atoms with Crippen LogP contribution in [0.25, 0.3) is 0 Å². The van der Waals surface area contributed by atoms with Crippen LogP contribution in [0.15, 0.2) is 0 Å². The Balaban J connectivity index is 2.95. The molecule has 0 radical (unpaired) electrons. The van der Waals surface area contributed by atoms with Crippen LogP contribution >= 0.6 is 0 Å². The van der Waals surface area contributed by atoms with Crippen LogP contribution in [-0.4, -0.2) is 26.2 Å². The summed E-state index contributed by atoms with van der Waals surface area (Å²) in [5.41, 5.74) is 0. The fraction of sp³-hybridized carbons (Fsp3) is 0.889. The summed E-state index contributed by atoms with van der Waals surface area (Å²) in [6, 6.07) is 0. The van der Waals surface area contributed by atoms with Crippen LogP contribution in [0.4, 0.5) is 0 Å². The minimum Gasteiger partial charge on any atom is -0.469 e. The van der Waals surface area contributed by atoms with Crippen LogP contribution in [0, 0.1) is 0 Å². The topological polar surface area (TPSA) is 38.3 Å². The Bertz CT molecular complexity index is 115.